The zero-order valence-electron chi connectivity index (χ0n) is 10.9. The number of hydrogen-bond acceptors (Lipinski definition) is 3. The Bertz CT molecular complexity index is 482. The average molecular weight is 326 g/mol. The highest BCUT2D eigenvalue weighted by Gasteiger charge is 2.37. The molecule has 4 nitrogen and oxygen atoms in total. The van der Waals surface area contributed by atoms with Gasteiger partial charge in [0.25, 0.3) is 0 Å². The van der Waals surface area contributed by atoms with Crippen LogP contribution in [0.25, 0.3) is 6.08 Å². The number of benzene rings is 1. The third kappa shape index (κ3) is 3.58. The van der Waals surface area contributed by atoms with Crippen molar-refractivity contribution in [3.05, 3.63) is 40.6 Å². The maximum atomic E-state index is 11.9. The summed E-state index contributed by atoms with van der Waals surface area (Å²) in [6.07, 6.45) is 2.75. The Labute approximate surface area is 121 Å². The number of carbonyl (C=O) groups is 1. The molecular weight excluding hydrogens is 310 g/mol. The van der Waals surface area contributed by atoms with Crippen molar-refractivity contribution >= 4 is 28.1 Å². The van der Waals surface area contributed by atoms with Crippen LogP contribution in [-0.4, -0.2) is 29.9 Å². The van der Waals surface area contributed by atoms with Crippen LogP contribution in [0.4, 0.5) is 4.79 Å². The largest absolute Gasteiger partial charge is 0.418 e. The number of hydrogen-bond donors (Lipinski definition) is 0. The molecule has 0 bridgehead atoms. The molecule has 1 aromatic carbocycles. The van der Waals surface area contributed by atoms with Crippen molar-refractivity contribution in [2.45, 2.75) is 19.6 Å². The summed E-state index contributed by atoms with van der Waals surface area (Å²) in [6, 6.07) is 7.71. The quantitative estimate of drug-likeness (QED) is 0.779. The third-order valence-electron chi connectivity index (χ3n) is 2.94. The minimum absolute atomic E-state index is 0.393. The molecule has 0 N–H and O–H groups in total. The second-order valence-electron chi connectivity index (χ2n) is 4.68. The van der Waals surface area contributed by atoms with Gasteiger partial charge < -0.3 is 9.47 Å². The minimum Gasteiger partial charge on any atom is -0.418 e. The molecule has 0 unspecified atom stereocenters. The molecule has 5 heteroatoms. The number of carbonyl (C=O) groups excluding carboxylic acids is 1. The number of amides is 1. The lowest BCUT2D eigenvalue weighted by molar-refractivity contribution is -0.0403. The highest BCUT2D eigenvalue weighted by Crippen LogP contribution is 2.22. The number of rotatable bonds is 2. The summed E-state index contributed by atoms with van der Waals surface area (Å²) in [5.74, 6) is 0. The summed E-state index contributed by atoms with van der Waals surface area (Å²) >= 11 is 3.36. The van der Waals surface area contributed by atoms with Gasteiger partial charge in [-0.25, -0.2) is 4.79 Å². The van der Waals surface area contributed by atoms with E-state index in [1.807, 2.05) is 38.1 Å². The maximum absolute atomic E-state index is 11.9. The van der Waals surface area contributed by atoms with Gasteiger partial charge in [0.1, 0.15) is 5.72 Å². The number of ether oxygens (including phenoxy) is 2. The summed E-state index contributed by atoms with van der Waals surface area (Å²) in [4.78, 5) is 13.4. The van der Waals surface area contributed by atoms with Crippen molar-refractivity contribution < 1.29 is 14.3 Å². The molecule has 1 amide bonds. The molecule has 0 atom stereocenters. The van der Waals surface area contributed by atoms with E-state index in [0.717, 1.165) is 10.0 Å². The average Bonchev–Trinajstić information content (AvgIpc) is 2.71. The first-order chi connectivity index (χ1) is 8.99. The van der Waals surface area contributed by atoms with Gasteiger partial charge in [0.15, 0.2) is 0 Å². The van der Waals surface area contributed by atoms with Crippen LogP contribution in [0.5, 0.6) is 0 Å². The second-order valence-corrected chi connectivity index (χ2v) is 5.60. The molecule has 0 radical (unpaired) electrons. The Morgan fingerprint density at radius 1 is 1.42 bits per heavy atom. The van der Waals surface area contributed by atoms with E-state index in [0.29, 0.717) is 13.2 Å². The zero-order chi connectivity index (χ0) is 13.9. The first-order valence-electron chi connectivity index (χ1n) is 6.03. The Morgan fingerprint density at radius 3 is 2.68 bits per heavy atom. The lowest BCUT2D eigenvalue weighted by Crippen LogP contribution is -2.43. The highest BCUT2D eigenvalue weighted by molar-refractivity contribution is 9.10. The Hall–Kier alpha value is -1.33. The Balaban J connectivity index is 1.91. The van der Waals surface area contributed by atoms with E-state index in [1.165, 1.54) is 6.26 Å². The van der Waals surface area contributed by atoms with Gasteiger partial charge in [-0.2, -0.15) is 0 Å². The SMILES string of the molecule is CC1(C)OCCN1C(=O)OC=Cc1ccc(Br)cc1. The molecule has 102 valence electrons. The van der Waals surface area contributed by atoms with Gasteiger partial charge in [-0.1, -0.05) is 28.1 Å². The van der Waals surface area contributed by atoms with Gasteiger partial charge in [0, 0.05) is 4.47 Å². The van der Waals surface area contributed by atoms with Crippen LogP contribution in [0.15, 0.2) is 35.0 Å². The summed E-state index contributed by atoms with van der Waals surface area (Å²) in [6.45, 7) is 4.79. The first kappa shape index (κ1) is 14.1. The van der Waals surface area contributed by atoms with E-state index in [4.69, 9.17) is 9.47 Å². The van der Waals surface area contributed by atoms with Crippen LogP contribution in [0.2, 0.25) is 0 Å². The summed E-state index contributed by atoms with van der Waals surface area (Å²) in [5, 5.41) is 0. The molecule has 1 aliphatic heterocycles. The molecule has 1 fully saturated rings. The van der Waals surface area contributed by atoms with Crippen LogP contribution in [0.1, 0.15) is 19.4 Å². The molecule has 1 aliphatic rings. The standard InChI is InChI=1S/C14H16BrNO3/c1-14(2)16(8-10-19-14)13(17)18-9-7-11-3-5-12(15)6-4-11/h3-7,9H,8,10H2,1-2H3. The van der Waals surface area contributed by atoms with Crippen LogP contribution < -0.4 is 0 Å². The van der Waals surface area contributed by atoms with Gasteiger partial charge in [-0.15, -0.1) is 0 Å². The first-order valence-corrected chi connectivity index (χ1v) is 6.83. The van der Waals surface area contributed by atoms with E-state index < -0.39 is 11.8 Å². The lowest BCUT2D eigenvalue weighted by atomic mass is 10.2. The fourth-order valence-electron chi connectivity index (χ4n) is 1.85. The zero-order valence-corrected chi connectivity index (χ0v) is 12.5. The fraction of sp³-hybridized carbons (Fsp3) is 0.357. The molecule has 1 aromatic rings. The predicted octanol–water partition coefficient (Wildman–Crippen LogP) is 3.62. The normalized spacial score (nSPS) is 17.9. The maximum Gasteiger partial charge on any atom is 0.416 e. The van der Waals surface area contributed by atoms with Gasteiger partial charge in [0.2, 0.25) is 0 Å². The Kier molecular flexibility index (Phi) is 4.27. The monoisotopic (exact) mass is 325 g/mol. The molecule has 0 aliphatic carbocycles. The van der Waals surface area contributed by atoms with Crippen molar-refractivity contribution in [3.63, 3.8) is 0 Å². The van der Waals surface area contributed by atoms with Gasteiger partial charge in [-0.3, -0.25) is 4.90 Å². The van der Waals surface area contributed by atoms with Crippen LogP contribution >= 0.6 is 15.9 Å². The van der Waals surface area contributed by atoms with E-state index in [2.05, 4.69) is 15.9 Å². The van der Waals surface area contributed by atoms with Crippen molar-refractivity contribution in [2.75, 3.05) is 13.2 Å². The Morgan fingerprint density at radius 2 is 2.11 bits per heavy atom. The summed E-state index contributed by atoms with van der Waals surface area (Å²) in [7, 11) is 0. The molecule has 0 spiro atoms. The van der Waals surface area contributed by atoms with E-state index >= 15 is 0 Å². The third-order valence-corrected chi connectivity index (χ3v) is 3.47. The van der Waals surface area contributed by atoms with Crippen molar-refractivity contribution in [2.24, 2.45) is 0 Å². The van der Waals surface area contributed by atoms with E-state index in [1.54, 1.807) is 11.0 Å². The van der Waals surface area contributed by atoms with Crippen molar-refractivity contribution in [1.29, 1.82) is 0 Å². The van der Waals surface area contributed by atoms with E-state index in [9.17, 15) is 4.79 Å². The molecule has 0 aromatic heterocycles. The molecule has 2 rings (SSSR count). The smallest absolute Gasteiger partial charge is 0.416 e. The van der Waals surface area contributed by atoms with Gasteiger partial charge in [0.05, 0.1) is 19.4 Å². The van der Waals surface area contributed by atoms with Gasteiger partial charge in [-0.05, 0) is 37.6 Å². The molecule has 1 saturated heterocycles. The minimum atomic E-state index is -0.595. The highest BCUT2D eigenvalue weighted by atomic mass is 79.9. The van der Waals surface area contributed by atoms with Gasteiger partial charge >= 0.3 is 6.09 Å². The number of nitrogens with zero attached hydrogens (tertiary/aromatic N) is 1. The lowest BCUT2D eigenvalue weighted by Gasteiger charge is -2.28. The molecular formula is C14H16BrNO3. The second kappa shape index (κ2) is 5.75. The van der Waals surface area contributed by atoms with E-state index in [-0.39, 0.29) is 0 Å². The van der Waals surface area contributed by atoms with Crippen molar-refractivity contribution in [3.8, 4) is 0 Å². The van der Waals surface area contributed by atoms with Crippen LogP contribution in [0.3, 0.4) is 0 Å². The predicted molar refractivity (Wildman–Crippen MR) is 76.4 cm³/mol. The molecule has 19 heavy (non-hydrogen) atoms. The summed E-state index contributed by atoms with van der Waals surface area (Å²) in [5.41, 5.74) is 0.371. The number of halogens is 1. The fourth-order valence-corrected chi connectivity index (χ4v) is 2.12. The van der Waals surface area contributed by atoms with Crippen molar-refractivity contribution in [1.82, 2.24) is 4.90 Å². The summed E-state index contributed by atoms with van der Waals surface area (Å²) < 4.78 is 11.6. The molecule has 0 saturated carbocycles. The topological polar surface area (TPSA) is 38.8 Å². The van der Waals surface area contributed by atoms with Crippen LogP contribution in [-0.2, 0) is 9.47 Å². The van der Waals surface area contributed by atoms with Crippen LogP contribution in [0, 0.1) is 0 Å². The molecule has 1 heterocycles.